The van der Waals surface area contributed by atoms with Crippen molar-refractivity contribution in [1.29, 1.82) is 0 Å². The van der Waals surface area contributed by atoms with Gasteiger partial charge in [0.25, 0.3) is 0 Å². The molecule has 98 valence electrons. The highest BCUT2D eigenvalue weighted by atomic mass is 16.5. The lowest BCUT2D eigenvalue weighted by molar-refractivity contribution is 0.159. The third-order valence-electron chi connectivity index (χ3n) is 2.82. The summed E-state index contributed by atoms with van der Waals surface area (Å²) in [5.74, 6) is 0. The van der Waals surface area contributed by atoms with Crippen LogP contribution >= 0.6 is 0 Å². The predicted molar refractivity (Wildman–Crippen MR) is 71.0 cm³/mol. The van der Waals surface area contributed by atoms with Gasteiger partial charge in [-0.3, -0.25) is 0 Å². The van der Waals surface area contributed by atoms with Gasteiger partial charge in [-0.05, 0) is 40.7 Å². The average molecular weight is 230 g/mol. The molecule has 0 heterocycles. The molecule has 0 amide bonds. The standard InChI is InChI=1S/C13H30N2O/c1-7-12(11-14-13(2,3)4)15(5)9-8-10-16-6/h12,14H,7-11H2,1-6H3. The molecule has 3 nitrogen and oxygen atoms in total. The van der Waals surface area contributed by atoms with Gasteiger partial charge in [-0.15, -0.1) is 0 Å². The van der Waals surface area contributed by atoms with Crippen molar-refractivity contribution < 1.29 is 4.74 Å². The van der Waals surface area contributed by atoms with Gasteiger partial charge in [0.1, 0.15) is 0 Å². The topological polar surface area (TPSA) is 24.5 Å². The molecule has 0 saturated heterocycles. The van der Waals surface area contributed by atoms with Crippen LogP contribution in [0.25, 0.3) is 0 Å². The van der Waals surface area contributed by atoms with Crippen molar-refractivity contribution in [3.05, 3.63) is 0 Å². The van der Waals surface area contributed by atoms with E-state index in [9.17, 15) is 0 Å². The number of nitrogens with zero attached hydrogens (tertiary/aromatic N) is 1. The van der Waals surface area contributed by atoms with Crippen LogP contribution < -0.4 is 5.32 Å². The SMILES string of the molecule is CCC(CNC(C)(C)C)N(C)CCCOC. The summed E-state index contributed by atoms with van der Waals surface area (Å²) in [5, 5.41) is 3.57. The van der Waals surface area contributed by atoms with Gasteiger partial charge >= 0.3 is 0 Å². The van der Waals surface area contributed by atoms with Crippen LogP contribution in [0, 0.1) is 0 Å². The summed E-state index contributed by atoms with van der Waals surface area (Å²) in [6.45, 7) is 11.9. The summed E-state index contributed by atoms with van der Waals surface area (Å²) in [4.78, 5) is 2.43. The Balaban J connectivity index is 3.87. The van der Waals surface area contributed by atoms with Crippen molar-refractivity contribution in [2.75, 3.05) is 33.9 Å². The Morgan fingerprint density at radius 1 is 1.31 bits per heavy atom. The maximum absolute atomic E-state index is 5.08. The predicted octanol–water partition coefficient (Wildman–Crippen LogP) is 2.12. The molecule has 0 aromatic carbocycles. The molecule has 0 aliphatic rings. The summed E-state index contributed by atoms with van der Waals surface area (Å²) < 4.78 is 5.08. The van der Waals surface area contributed by atoms with Crippen LogP contribution in [0.4, 0.5) is 0 Å². The van der Waals surface area contributed by atoms with Gasteiger partial charge in [-0.2, -0.15) is 0 Å². The fraction of sp³-hybridized carbons (Fsp3) is 1.00. The molecular formula is C13H30N2O. The van der Waals surface area contributed by atoms with E-state index in [0.717, 1.165) is 26.1 Å². The van der Waals surface area contributed by atoms with Crippen molar-refractivity contribution in [2.24, 2.45) is 0 Å². The molecule has 1 unspecified atom stereocenters. The molecule has 3 heteroatoms. The maximum Gasteiger partial charge on any atom is 0.0474 e. The van der Waals surface area contributed by atoms with Gasteiger partial charge in [0.2, 0.25) is 0 Å². The lowest BCUT2D eigenvalue weighted by Crippen LogP contribution is -2.46. The highest BCUT2D eigenvalue weighted by Gasteiger charge is 2.15. The largest absolute Gasteiger partial charge is 0.385 e. The molecule has 0 spiro atoms. The van der Waals surface area contributed by atoms with Crippen LogP contribution in [0.5, 0.6) is 0 Å². The first-order chi connectivity index (χ1) is 7.40. The molecule has 0 rings (SSSR count). The first kappa shape index (κ1) is 15.9. The van der Waals surface area contributed by atoms with Crippen molar-refractivity contribution in [3.63, 3.8) is 0 Å². The van der Waals surface area contributed by atoms with Crippen molar-refractivity contribution in [3.8, 4) is 0 Å². The summed E-state index contributed by atoms with van der Waals surface area (Å²) in [6, 6.07) is 0.621. The zero-order chi connectivity index (χ0) is 12.6. The Bertz CT molecular complexity index is 166. The van der Waals surface area contributed by atoms with Crippen molar-refractivity contribution >= 4 is 0 Å². The minimum atomic E-state index is 0.209. The molecule has 0 aromatic rings. The molecule has 0 aliphatic heterocycles. The summed E-state index contributed by atoms with van der Waals surface area (Å²) in [5.41, 5.74) is 0.209. The van der Waals surface area contributed by atoms with Crippen LogP contribution in [-0.4, -0.2) is 50.3 Å². The molecular weight excluding hydrogens is 200 g/mol. The summed E-state index contributed by atoms with van der Waals surface area (Å²) >= 11 is 0. The second-order valence-corrected chi connectivity index (χ2v) is 5.52. The Labute approximate surface area is 102 Å². The summed E-state index contributed by atoms with van der Waals surface area (Å²) in [7, 11) is 3.96. The smallest absolute Gasteiger partial charge is 0.0474 e. The van der Waals surface area contributed by atoms with E-state index < -0.39 is 0 Å². The zero-order valence-electron chi connectivity index (χ0n) is 12.0. The van der Waals surface area contributed by atoms with E-state index in [4.69, 9.17) is 4.74 Å². The maximum atomic E-state index is 5.08. The van der Waals surface area contributed by atoms with Crippen molar-refractivity contribution in [2.45, 2.75) is 52.1 Å². The Kier molecular flexibility index (Phi) is 7.98. The average Bonchev–Trinajstić information content (AvgIpc) is 2.17. The van der Waals surface area contributed by atoms with Crippen LogP contribution in [0.1, 0.15) is 40.5 Å². The highest BCUT2D eigenvalue weighted by molar-refractivity contribution is 4.76. The first-order valence-electron chi connectivity index (χ1n) is 6.35. The minimum Gasteiger partial charge on any atom is -0.385 e. The quantitative estimate of drug-likeness (QED) is 0.646. The van der Waals surface area contributed by atoms with E-state index in [1.54, 1.807) is 7.11 Å². The highest BCUT2D eigenvalue weighted by Crippen LogP contribution is 2.05. The molecule has 0 fully saturated rings. The van der Waals surface area contributed by atoms with E-state index in [-0.39, 0.29) is 5.54 Å². The molecule has 0 aromatic heterocycles. The van der Waals surface area contributed by atoms with Crippen LogP contribution in [0.3, 0.4) is 0 Å². The van der Waals surface area contributed by atoms with Gasteiger partial charge in [-0.1, -0.05) is 6.92 Å². The molecule has 0 bridgehead atoms. The monoisotopic (exact) mass is 230 g/mol. The Hall–Kier alpha value is -0.120. The lowest BCUT2D eigenvalue weighted by atomic mass is 10.1. The van der Waals surface area contributed by atoms with Crippen LogP contribution in [0.2, 0.25) is 0 Å². The minimum absolute atomic E-state index is 0.209. The van der Waals surface area contributed by atoms with E-state index in [1.807, 2.05) is 0 Å². The van der Waals surface area contributed by atoms with Crippen molar-refractivity contribution in [1.82, 2.24) is 10.2 Å². The molecule has 0 radical (unpaired) electrons. The fourth-order valence-corrected chi connectivity index (χ4v) is 1.68. The van der Waals surface area contributed by atoms with E-state index in [0.29, 0.717) is 6.04 Å². The first-order valence-corrected chi connectivity index (χ1v) is 6.35. The van der Waals surface area contributed by atoms with Gasteiger partial charge in [-0.25, -0.2) is 0 Å². The molecule has 0 aliphatic carbocycles. The number of hydrogen-bond acceptors (Lipinski definition) is 3. The molecule has 1 N–H and O–H groups in total. The Morgan fingerprint density at radius 2 is 1.94 bits per heavy atom. The zero-order valence-corrected chi connectivity index (χ0v) is 12.0. The number of ether oxygens (including phenoxy) is 1. The van der Waals surface area contributed by atoms with Crippen LogP contribution in [-0.2, 0) is 4.74 Å². The van der Waals surface area contributed by atoms with Gasteiger partial charge in [0.15, 0.2) is 0 Å². The normalized spacial score (nSPS) is 14.4. The molecule has 16 heavy (non-hydrogen) atoms. The van der Waals surface area contributed by atoms with E-state index >= 15 is 0 Å². The second kappa shape index (κ2) is 8.04. The number of hydrogen-bond donors (Lipinski definition) is 1. The number of nitrogens with one attached hydrogen (secondary N) is 1. The van der Waals surface area contributed by atoms with Crippen LogP contribution in [0.15, 0.2) is 0 Å². The van der Waals surface area contributed by atoms with E-state index in [2.05, 4.69) is 45.0 Å². The van der Waals surface area contributed by atoms with Gasteiger partial charge in [0, 0.05) is 38.4 Å². The third-order valence-corrected chi connectivity index (χ3v) is 2.82. The number of likely N-dealkylation sites (N-methyl/N-ethyl adjacent to an activating group) is 1. The van der Waals surface area contributed by atoms with Gasteiger partial charge in [0.05, 0.1) is 0 Å². The fourth-order valence-electron chi connectivity index (χ4n) is 1.68. The second-order valence-electron chi connectivity index (χ2n) is 5.52. The molecule has 1 atom stereocenters. The lowest BCUT2D eigenvalue weighted by Gasteiger charge is -2.31. The van der Waals surface area contributed by atoms with Gasteiger partial charge < -0.3 is 15.0 Å². The van der Waals surface area contributed by atoms with E-state index in [1.165, 1.54) is 6.42 Å². The molecule has 0 saturated carbocycles. The number of methoxy groups -OCH3 is 1. The number of rotatable bonds is 8. The third kappa shape index (κ3) is 8.08. The Morgan fingerprint density at radius 3 is 2.38 bits per heavy atom. The summed E-state index contributed by atoms with van der Waals surface area (Å²) in [6.07, 6.45) is 2.30.